The minimum atomic E-state index is -8.58. The highest BCUT2D eigenvalue weighted by Crippen LogP contribution is 2.64. The van der Waals surface area contributed by atoms with Crippen molar-refractivity contribution < 1.29 is 74.6 Å². The topological polar surface area (TPSA) is 3.24 Å². The predicted molar refractivity (Wildman–Crippen MR) is 96.2 cm³/mol. The molecule has 37 heavy (non-hydrogen) atoms. The first-order chi connectivity index (χ1) is 16.2. The van der Waals surface area contributed by atoms with Crippen molar-refractivity contribution in [1.29, 1.82) is 0 Å². The molecule has 0 unspecified atom stereocenters. The highest BCUT2D eigenvalue weighted by Gasteiger charge is 2.95. The normalized spacial score (nSPS) is 15.6. The quantitative estimate of drug-likeness (QED) is 0.163. The Kier molecular flexibility index (Phi) is 11.1. The number of alkyl halides is 17. The average molecular weight is 589 g/mol. The summed E-state index contributed by atoms with van der Waals surface area (Å²) < 4.78 is 226. The van der Waals surface area contributed by atoms with Gasteiger partial charge in [-0.2, -0.15) is 74.6 Å². The lowest BCUT2D eigenvalue weighted by Crippen LogP contribution is -2.74. The van der Waals surface area contributed by atoms with E-state index in [4.69, 9.17) is 0 Å². The molecular formula is C19H24F17N. The second-order valence-corrected chi connectivity index (χ2v) is 8.30. The standard InChI is InChI=1S/C19H24F17N/c1-3-5-9-37(10-6-4-2)11-7-8-12(20,21)13(22,23)14(24,25)15(26,27)16(28,29)17(30,31)18(32,33)19(34,35)36/h3-11H2,1-2H3. The molecule has 0 aliphatic heterocycles. The predicted octanol–water partition coefficient (Wildman–Crippen LogP) is 8.68. The first kappa shape index (κ1) is 35.8. The first-order valence-corrected chi connectivity index (χ1v) is 10.7. The Morgan fingerprint density at radius 3 is 1.03 bits per heavy atom. The summed E-state index contributed by atoms with van der Waals surface area (Å²) in [5.74, 6) is -55.8. The van der Waals surface area contributed by atoms with E-state index < -0.39 is 67.0 Å². The van der Waals surface area contributed by atoms with Crippen molar-refractivity contribution in [3.05, 3.63) is 0 Å². The minimum absolute atomic E-state index is 0.224. The zero-order valence-electron chi connectivity index (χ0n) is 19.2. The second kappa shape index (κ2) is 11.5. The third-order valence-electron chi connectivity index (χ3n) is 5.41. The molecule has 0 saturated heterocycles. The summed E-state index contributed by atoms with van der Waals surface area (Å²) in [4.78, 5) is 1.42. The van der Waals surface area contributed by atoms with Gasteiger partial charge in [-0.05, 0) is 38.9 Å². The largest absolute Gasteiger partial charge is 0.460 e. The van der Waals surface area contributed by atoms with E-state index >= 15 is 0 Å². The number of rotatable bonds is 16. The van der Waals surface area contributed by atoms with Crippen LogP contribution in [-0.2, 0) is 0 Å². The highest BCUT2D eigenvalue weighted by molar-refractivity contribution is 5.15. The van der Waals surface area contributed by atoms with Gasteiger partial charge in [-0.25, -0.2) is 0 Å². The van der Waals surface area contributed by atoms with Crippen molar-refractivity contribution in [2.24, 2.45) is 0 Å². The molecule has 0 aromatic carbocycles. The molecule has 0 rings (SSSR count). The number of nitrogens with zero attached hydrogens (tertiary/aromatic N) is 1. The molecule has 0 amide bonds. The van der Waals surface area contributed by atoms with Crippen molar-refractivity contribution >= 4 is 0 Å². The Balaban J connectivity index is 6.11. The molecule has 1 nitrogen and oxygen atoms in total. The lowest BCUT2D eigenvalue weighted by molar-refractivity contribution is -0.461. The van der Waals surface area contributed by atoms with E-state index in [0.717, 1.165) is 0 Å². The summed E-state index contributed by atoms with van der Waals surface area (Å²) in [5.41, 5.74) is 0. The van der Waals surface area contributed by atoms with Crippen molar-refractivity contribution in [1.82, 2.24) is 4.90 Å². The van der Waals surface area contributed by atoms with Gasteiger partial charge < -0.3 is 4.90 Å². The fraction of sp³-hybridized carbons (Fsp3) is 1.00. The molecule has 0 aromatic heterocycles. The van der Waals surface area contributed by atoms with E-state index in [2.05, 4.69) is 0 Å². The van der Waals surface area contributed by atoms with Gasteiger partial charge in [0.25, 0.3) is 0 Å². The highest BCUT2D eigenvalue weighted by atomic mass is 19.4. The fourth-order valence-corrected chi connectivity index (χ4v) is 2.98. The van der Waals surface area contributed by atoms with Crippen LogP contribution in [0.1, 0.15) is 52.4 Å². The van der Waals surface area contributed by atoms with Crippen LogP contribution in [0.25, 0.3) is 0 Å². The molecule has 224 valence electrons. The molecular weight excluding hydrogens is 565 g/mol. The Hall–Kier alpha value is -1.23. The molecule has 0 saturated carbocycles. The van der Waals surface area contributed by atoms with Gasteiger partial charge in [0.05, 0.1) is 0 Å². The number of hydrogen-bond donors (Lipinski definition) is 0. The van der Waals surface area contributed by atoms with Crippen molar-refractivity contribution in [3.8, 4) is 0 Å². The lowest BCUT2D eigenvalue weighted by Gasteiger charge is -2.42. The summed E-state index contributed by atoms with van der Waals surface area (Å²) in [5, 5.41) is 0. The molecule has 18 heteroatoms. The van der Waals surface area contributed by atoms with E-state index in [9.17, 15) is 74.6 Å². The van der Waals surface area contributed by atoms with E-state index in [1.165, 1.54) is 4.90 Å². The van der Waals surface area contributed by atoms with Crippen LogP contribution in [0, 0.1) is 0 Å². The van der Waals surface area contributed by atoms with Crippen molar-refractivity contribution in [2.75, 3.05) is 19.6 Å². The summed E-state index contributed by atoms with van der Waals surface area (Å²) in [6.07, 6.45) is -9.11. The van der Waals surface area contributed by atoms with E-state index in [1.807, 2.05) is 0 Å². The maximum atomic E-state index is 13.9. The van der Waals surface area contributed by atoms with Crippen LogP contribution < -0.4 is 0 Å². The SMILES string of the molecule is CCCCN(CCCC)CCCC(F)(F)C(F)(F)C(F)(F)C(F)(F)C(F)(F)C(F)(F)C(F)(F)C(F)(F)F. The first-order valence-electron chi connectivity index (χ1n) is 10.7. The molecule has 0 radical (unpaired) electrons. The zero-order chi connectivity index (χ0) is 29.9. The van der Waals surface area contributed by atoms with Crippen LogP contribution in [0.2, 0.25) is 0 Å². The van der Waals surface area contributed by atoms with Gasteiger partial charge in [0, 0.05) is 6.42 Å². The third kappa shape index (κ3) is 6.34. The van der Waals surface area contributed by atoms with Gasteiger partial charge in [-0.1, -0.05) is 26.7 Å². The van der Waals surface area contributed by atoms with Crippen LogP contribution >= 0.6 is 0 Å². The Labute approximate surface area is 200 Å². The summed E-state index contributed by atoms with van der Waals surface area (Å²) >= 11 is 0. The molecule has 0 aliphatic carbocycles. The summed E-state index contributed by atoms with van der Waals surface area (Å²) in [7, 11) is 0. The summed E-state index contributed by atoms with van der Waals surface area (Å²) in [6.45, 7) is 3.40. The van der Waals surface area contributed by atoms with Crippen molar-refractivity contribution in [3.63, 3.8) is 0 Å². The van der Waals surface area contributed by atoms with Crippen LogP contribution in [0.5, 0.6) is 0 Å². The van der Waals surface area contributed by atoms with E-state index in [0.29, 0.717) is 25.7 Å². The Morgan fingerprint density at radius 2 is 0.703 bits per heavy atom. The molecule has 0 aromatic rings. The second-order valence-electron chi connectivity index (χ2n) is 8.30. The van der Waals surface area contributed by atoms with Gasteiger partial charge in [0.15, 0.2) is 0 Å². The smallest absolute Gasteiger partial charge is 0.303 e. The lowest BCUT2D eigenvalue weighted by atomic mass is 9.88. The molecule has 0 heterocycles. The van der Waals surface area contributed by atoms with Crippen LogP contribution in [0.4, 0.5) is 74.6 Å². The van der Waals surface area contributed by atoms with Crippen LogP contribution in [0.3, 0.4) is 0 Å². The summed E-state index contributed by atoms with van der Waals surface area (Å²) in [6, 6.07) is 0. The number of unbranched alkanes of at least 4 members (excludes halogenated alkanes) is 2. The molecule has 0 bridgehead atoms. The monoisotopic (exact) mass is 589 g/mol. The molecule has 0 aliphatic rings. The molecule has 0 spiro atoms. The Morgan fingerprint density at radius 1 is 0.405 bits per heavy atom. The van der Waals surface area contributed by atoms with Crippen LogP contribution in [0.15, 0.2) is 0 Å². The van der Waals surface area contributed by atoms with Gasteiger partial charge in [0.1, 0.15) is 0 Å². The maximum Gasteiger partial charge on any atom is 0.460 e. The van der Waals surface area contributed by atoms with Gasteiger partial charge >= 0.3 is 47.6 Å². The zero-order valence-corrected chi connectivity index (χ0v) is 19.2. The van der Waals surface area contributed by atoms with E-state index in [-0.39, 0.29) is 13.1 Å². The minimum Gasteiger partial charge on any atom is -0.303 e. The van der Waals surface area contributed by atoms with Gasteiger partial charge in [0.2, 0.25) is 0 Å². The Bertz CT molecular complexity index is 706. The maximum absolute atomic E-state index is 13.9. The molecule has 0 fully saturated rings. The van der Waals surface area contributed by atoms with Crippen LogP contribution in [-0.4, -0.2) is 72.2 Å². The average Bonchev–Trinajstić information content (AvgIpc) is 2.73. The fourth-order valence-electron chi connectivity index (χ4n) is 2.98. The van der Waals surface area contributed by atoms with Gasteiger partial charge in [-0.15, -0.1) is 0 Å². The van der Waals surface area contributed by atoms with Crippen molar-refractivity contribution in [2.45, 2.75) is 100 Å². The molecule has 0 atom stereocenters. The third-order valence-corrected chi connectivity index (χ3v) is 5.41. The van der Waals surface area contributed by atoms with Gasteiger partial charge in [-0.3, -0.25) is 0 Å². The van der Waals surface area contributed by atoms with E-state index in [1.54, 1.807) is 13.8 Å². The number of hydrogen-bond acceptors (Lipinski definition) is 1. The number of halogens is 17. The molecule has 0 N–H and O–H groups in total.